The van der Waals surface area contributed by atoms with E-state index in [4.69, 9.17) is 0 Å². The summed E-state index contributed by atoms with van der Waals surface area (Å²) in [5.41, 5.74) is 1.28. The van der Waals surface area contributed by atoms with Crippen LogP contribution in [0.2, 0.25) is 0 Å². The number of benzene rings is 1. The van der Waals surface area contributed by atoms with E-state index < -0.39 is 5.82 Å². The Morgan fingerprint density at radius 3 is 2.78 bits per heavy atom. The Hall–Kier alpha value is -1.97. The minimum absolute atomic E-state index is 0.371. The summed E-state index contributed by atoms with van der Waals surface area (Å²) in [7, 11) is 0. The zero-order valence-corrected chi connectivity index (χ0v) is 10.1. The van der Waals surface area contributed by atoms with Crippen LogP contribution in [-0.2, 0) is 6.42 Å². The average molecular weight is 248 g/mol. The van der Waals surface area contributed by atoms with Gasteiger partial charge in [0.2, 0.25) is 0 Å². The highest BCUT2D eigenvalue weighted by Crippen LogP contribution is 2.11. The Morgan fingerprint density at radius 1 is 1.17 bits per heavy atom. The molecule has 1 aromatic heterocycles. The number of nitrogens with zero attached hydrogens (tertiary/aromatic N) is 1. The van der Waals surface area contributed by atoms with Crippen molar-refractivity contribution in [3.63, 3.8) is 0 Å². The largest absolute Gasteiger partial charge is 0.370 e. The quantitative estimate of drug-likeness (QED) is 0.897. The van der Waals surface area contributed by atoms with Gasteiger partial charge < -0.3 is 5.32 Å². The van der Waals surface area contributed by atoms with Crippen molar-refractivity contribution < 1.29 is 8.78 Å². The van der Waals surface area contributed by atoms with Crippen LogP contribution in [0.4, 0.5) is 14.6 Å². The van der Waals surface area contributed by atoms with Crippen molar-refractivity contribution >= 4 is 5.82 Å². The van der Waals surface area contributed by atoms with Gasteiger partial charge in [-0.05, 0) is 49.2 Å². The van der Waals surface area contributed by atoms with E-state index in [-0.39, 0.29) is 5.82 Å². The van der Waals surface area contributed by atoms with E-state index in [9.17, 15) is 8.78 Å². The van der Waals surface area contributed by atoms with Crippen LogP contribution in [0, 0.1) is 18.6 Å². The third-order valence-electron chi connectivity index (χ3n) is 2.60. The SMILES string of the molecule is Cc1cccc(NCCc2cc(F)ccc2F)n1. The second-order valence-corrected chi connectivity index (χ2v) is 4.08. The first-order valence-electron chi connectivity index (χ1n) is 5.76. The van der Waals surface area contributed by atoms with Crippen LogP contribution in [0.5, 0.6) is 0 Å². The van der Waals surface area contributed by atoms with Crippen molar-refractivity contribution in [2.45, 2.75) is 13.3 Å². The summed E-state index contributed by atoms with van der Waals surface area (Å²) >= 11 is 0. The van der Waals surface area contributed by atoms with Crippen molar-refractivity contribution in [3.05, 3.63) is 59.3 Å². The van der Waals surface area contributed by atoms with Gasteiger partial charge in [0.25, 0.3) is 0 Å². The van der Waals surface area contributed by atoms with Gasteiger partial charge in [-0.1, -0.05) is 6.07 Å². The lowest BCUT2D eigenvalue weighted by Gasteiger charge is -2.07. The Balaban J connectivity index is 1.94. The molecule has 0 bridgehead atoms. The minimum atomic E-state index is -0.417. The topological polar surface area (TPSA) is 24.9 Å². The van der Waals surface area contributed by atoms with E-state index in [1.54, 1.807) is 0 Å². The number of hydrogen-bond donors (Lipinski definition) is 1. The third kappa shape index (κ3) is 3.26. The molecule has 1 aromatic carbocycles. The second-order valence-electron chi connectivity index (χ2n) is 4.08. The molecule has 2 nitrogen and oxygen atoms in total. The van der Waals surface area contributed by atoms with Crippen molar-refractivity contribution in [1.82, 2.24) is 4.98 Å². The van der Waals surface area contributed by atoms with Gasteiger partial charge in [-0.15, -0.1) is 0 Å². The Labute approximate surface area is 105 Å². The predicted octanol–water partition coefficient (Wildman–Crippen LogP) is 3.32. The first-order valence-corrected chi connectivity index (χ1v) is 5.76. The summed E-state index contributed by atoms with van der Waals surface area (Å²) in [5, 5.41) is 3.08. The summed E-state index contributed by atoms with van der Waals surface area (Å²) in [6, 6.07) is 9.13. The molecule has 0 fully saturated rings. The molecule has 18 heavy (non-hydrogen) atoms. The molecule has 0 unspecified atom stereocenters. The first-order chi connectivity index (χ1) is 8.65. The van der Waals surface area contributed by atoms with E-state index >= 15 is 0 Å². The lowest BCUT2D eigenvalue weighted by Crippen LogP contribution is -2.07. The van der Waals surface area contributed by atoms with Gasteiger partial charge in [-0.2, -0.15) is 0 Å². The summed E-state index contributed by atoms with van der Waals surface area (Å²) in [5.74, 6) is -0.0534. The Bertz CT molecular complexity index is 541. The highest BCUT2D eigenvalue weighted by atomic mass is 19.1. The standard InChI is InChI=1S/C14H14F2N2/c1-10-3-2-4-14(18-10)17-8-7-11-9-12(15)5-6-13(11)16/h2-6,9H,7-8H2,1H3,(H,17,18). The maximum absolute atomic E-state index is 13.3. The Kier molecular flexibility index (Phi) is 3.87. The molecule has 0 spiro atoms. The monoisotopic (exact) mass is 248 g/mol. The van der Waals surface area contributed by atoms with E-state index in [0.717, 1.165) is 23.6 Å². The molecule has 1 N–H and O–H groups in total. The molecular weight excluding hydrogens is 234 g/mol. The number of hydrogen-bond acceptors (Lipinski definition) is 2. The van der Waals surface area contributed by atoms with Gasteiger partial charge in [0.1, 0.15) is 17.5 Å². The zero-order valence-electron chi connectivity index (χ0n) is 10.1. The molecular formula is C14H14F2N2. The fraction of sp³-hybridized carbons (Fsp3) is 0.214. The van der Waals surface area contributed by atoms with Crippen LogP contribution in [-0.4, -0.2) is 11.5 Å². The van der Waals surface area contributed by atoms with Gasteiger partial charge in [0.05, 0.1) is 0 Å². The van der Waals surface area contributed by atoms with Crippen LogP contribution in [0.15, 0.2) is 36.4 Å². The van der Waals surface area contributed by atoms with Crippen LogP contribution in [0.3, 0.4) is 0 Å². The fourth-order valence-corrected chi connectivity index (χ4v) is 1.70. The summed E-state index contributed by atoms with van der Waals surface area (Å²) in [6.07, 6.45) is 0.416. The number of aromatic nitrogens is 1. The van der Waals surface area contributed by atoms with Gasteiger partial charge >= 0.3 is 0 Å². The lowest BCUT2D eigenvalue weighted by molar-refractivity contribution is 0.586. The summed E-state index contributed by atoms with van der Waals surface area (Å²) in [6.45, 7) is 2.41. The molecule has 1 heterocycles. The number of pyridine rings is 1. The molecule has 4 heteroatoms. The normalized spacial score (nSPS) is 10.4. The molecule has 0 atom stereocenters. The summed E-state index contributed by atoms with van der Waals surface area (Å²) in [4.78, 5) is 4.27. The average Bonchev–Trinajstić information content (AvgIpc) is 2.34. The molecule has 2 aromatic rings. The highest BCUT2D eigenvalue weighted by Gasteiger charge is 2.03. The predicted molar refractivity (Wildman–Crippen MR) is 67.5 cm³/mol. The molecule has 0 amide bonds. The molecule has 0 aliphatic heterocycles. The second kappa shape index (κ2) is 5.58. The molecule has 0 aliphatic rings. The molecule has 2 rings (SSSR count). The highest BCUT2D eigenvalue weighted by molar-refractivity contribution is 5.35. The van der Waals surface area contributed by atoms with Crippen molar-refractivity contribution in [1.29, 1.82) is 0 Å². The maximum Gasteiger partial charge on any atom is 0.126 e. The summed E-state index contributed by atoms with van der Waals surface area (Å²) < 4.78 is 26.3. The fourth-order valence-electron chi connectivity index (χ4n) is 1.70. The number of aryl methyl sites for hydroxylation is 1. The molecule has 0 saturated heterocycles. The van der Waals surface area contributed by atoms with Crippen molar-refractivity contribution in [2.75, 3.05) is 11.9 Å². The zero-order chi connectivity index (χ0) is 13.0. The third-order valence-corrected chi connectivity index (χ3v) is 2.60. The number of nitrogens with one attached hydrogen (secondary N) is 1. The van der Waals surface area contributed by atoms with E-state index in [2.05, 4.69) is 10.3 Å². The van der Waals surface area contributed by atoms with Gasteiger partial charge in [0.15, 0.2) is 0 Å². The van der Waals surface area contributed by atoms with Crippen LogP contribution in [0.1, 0.15) is 11.3 Å². The van der Waals surface area contributed by atoms with Crippen LogP contribution < -0.4 is 5.32 Å². The molecule has 0 radical (unpaired) electrons. The molecule has 94 valence electrons. The van der Waals surface area contributed by atoms with Gasteiger partial charge in [-0.25, -0.2) is 13.8 Å². The maximum atomic E-state index is 13.3. The molecule has 0 saturated carbocycles. The number of rotatable bonds is 4. The number of anilines is 1. The van der Waals surface area contributed by atoms with Crippen molar-refractivity contribution in [2.24, 2.45) is 0 Å². The van der Waals surface area contributed by atoms with Gasteiger partial charge in [0, 0.05) is 12.2 Å². The minimum Gasteiger partial charge on any atom is -0.370 e. The smallest absolute Gasteiger partial charge is 0.126 e. The molecule has 0 aliphatic carbocycles. The Morgan fingerprint density at radius 2 is 2.00 bits per heavy atom. The van der Waals surface area contributed by atoms with Crippen LogP contribution in [0.25, 0.3) is 0 Å². The van der Waals surface area contributed by atoms with E-state index in [1.807, 2.05) is 25.1 Å². The van der Waals surface area contributed by atoms with Crippen LogP contribution >= 0.6 is 0 Å². The first kappa shape index (κ1) is 12.5. The van der Waals surface area contributed by atoms with E-state index in [1.165, 1.54) is 6.07 Å². The van der Waals surface area contributed by atoms with Gasteiger partial charge in [-0.3, -0.25) is 0 Å². The van der Waals surface area contributed by atoms with E-state index in [0.29, 0.717) is 18.5 Å². The number of halogens is 2. The lowest BCUT2D eigenvalue weighted by atomic mass is 10.1. The van der Waals surface area contributed by atoms with Crippen molar-refractivity contribution in [3.8, 4) is 0 Å².